The number of halogens is 1. The second-order valence-corrected chi connectivity index (χ2v) is 6.49. The van der Waals surface area contributed by atoms with E-state index in [1.165, 1.54) is 12.1 Å². The van der Waals surface area contributed by atoms with Gasteiger partial charge in [-0.2, -0.15) is 0 Å². The molecule has 0 atom stereocenters. The second kappa shape index (κ2) is 6.35. The van der Waals surface area contributed by atoms with Crippen molar-refractivity contribution >= 4 is 10.0 Å². The molecule has 2 rings (SSSR count). The van der Waals surface area contributed by atoms with Gasteiger partial charge in [-0.1, -0.05) is 18.3 Å². The Labute approximate surface area is 118 Å². The molecule has 0 bridgehead atoms. The maximum Gasteiger partial charge on any atom is 0.243 e. The van der Waals surface area contributed by atoms with Crippen molar-refractivity contribution in [2.24, 2.45) is 5.92 Å². The fourth-order valence-corrected chi connectivity index (χ4v) is 3.11. The van der Waals surface area contributed by atoms with Crippen molar-refractivity contribution in [1.29, 1.82) is 0 Å². The van der Waals surface area contributed by atoms with Gasteiger partial charge in [0.25, 0.3) is 0 Å². The van der Waals surface area contributed by atoms with Gasteiger partial charge in [0.1, 0.15) is 17.3 Å². The monoisotopic (exact) mass is 297 g/mol. The van der Waals surface area contributed by atoms with Crippen molar-refractivity contribution in [3.63, 3.8) is 0 Å². The van der Waals surface area contributed by atoms with Gasteiger partial charge in [-0.25, -0.2) is 17.5 Å². The molecule has 1 aliphatic carbocycles. The molecule has 1 fully saturated rings. The number of aliphatic hydroxyl groups excluding tert-OH is 1. The van der Waals surface area contributed by atoms with Gasteiger partial charge in [-0.3, -0.25) is 0 Å². The van der Waals surface area contributed by atoms with Crippen molar-refractivity contribution in [2.75, 3.05) is 13.2 Å². The average molecular weight is 297 g/mol. The van der Waals surface area contributed by atoms with Gasteiger partial charge in [0, 0.05) is 12.1 Å². The number of nitrogens with one attached hydrogen (secondary N) is 1. The second-order valence-electron chi connectivity index (χ2n) is 4.75. The predicted octanol–water partition coefficient (Wildman–Crippen LogP) is 1.25. The van der Waals surface area contributed by atoms with Crippen LogP contribution in [0.5, 0.6) is 0 Å². The third kappa shape index (κ3) is 3.57. The Morgan fingerprint density at radius 3 is 2.70 bits per heavy atom. The number of aliphatic hydroxyl groups is 1. The molecule has 6 heteroatoms. The first-order valence-corrected chi connectivity index (χ1v) is 7.90. The minimum absolute atomic E-state index is 0.328. The maximum atomic E-state index is 13.8. The van der Waals surface area contributed by atoms with E-state index in [1.54, 1.807) is 0 Å². The number of hydrogen-bond acceptors (Lipinski definition) is 3. The van der Waals surface area contributed by atoms with Crippen LogP contribution in [-0.2, 0) is 10.0 Å². The largest absolute Gasteiger partial charge is 0.384 e. The molecule has 1 aliphatic rings. The van der Waals surface area contributed by atoms with Gasteiger partial charge in [-0.15, -0.1) is 0 Å². The minimum Gasteiger partial charge on any atom is -0.384 e. The lowest BCUT2D eigenvalue weighted by Crippen LogP contribution is -2.32. The van der Waals surface area contributed by atoms with E-state index in [9.17, 15) is 12.8 Å². The minimum atomic E-state index is -3.82. The molecule has 0 spiro atoms. The van der Waals surface area contributed by atoms with Crippen molar-refractivity contribution in [3.05, 3.63) is 29.6 Å². The summed E-state index contributed by atoms with van der Waals surface area (Å²) >= 11 is 0. The predicted molar refractivity (Wildman–Crippen MR) is 72.9 cm³/mol. The molecule has 1 aromatic rings. The molecule has 4 nitrogen and oxygen atoms in total. The molecule has 1 saturated carbocycles. The fraction of sp³-hybridized carbons (Fsp3) is 0.429. The number of sulfonamides is 1. The quantitative estimate of drug-likeness (QED) is 0.822. The van der Waals surface area contributed by atoms with Gasteiger partial charge in [0.15, 0.2) is 0 Å². The fourth-order valence-electron chi connectivity index (χ4n) is 1.94. The van der Waals surface area contributed by atoms with Crippen LogP contribution in [0.4, 0.5) is 4.39 Å². The van der Waals surface area contributed by atoms with E-state index in [2.05, 4.69) is 16.6 Å². The summed E-state index contributed by atoms with van der Waals surface area (Å²) < 4.78 is 40.3. The van der Waals surface area contributed by atoms with Crippen LogP contribution in [0.2, 0.25) is 0 Å². The first kappa shape index (κ1) is 15.0. The SMILES string of the molecule is O=S(=O)(NCC1CCC1)c1ccc(C#CCO)cc1F. The van der Waals surface area contributed by atoms with Gasteiger partial charge < -0.3 is 5.11 Å². The van der Waals surface area contributed by atoms with E-state index in [0.29, 0.717) is 18.0 Å². The van der Waals surface area contributed by atoms with Crippen LogP contribution in [0.1, 0.15) is 24.8 Å². The molecule has 0 heterocycles. The molecule has 0 aromatic heterocycles. The zero-order valence-corrected chi connectivity index (χ0v) is 11.7. The molecular formula is C14H16FNO3S. The Morgan fingerprint density at radius 1 is 1.40 bits per heavy atom. The Bertz CT molecular complexity index is 642. The van der Waals surface area contributed by atoms with E-state index < -0.39 is 15.8 Å². The molecule has 1 aromatic carbocycles. The standard InChI is InChI=1S/C14H16FNO3S/c15-13-9-11(5-2-8-17)6-7-14(13)20(18,19)16-10-12-3-1-4-12/h6-7,9,12,16-17H,1,3-4,8,10H2. The van der Waals surface area contributed by atoms with Gasteiger partial charge in [0.05, 0.1) is 0 Å². The molecule has 0 saturated heterocycles. The maximum absolute atomic E-state index is 13.8. The van der Waals surface area contributed by atoms with Crippen LogP contribution in [0.15, 0.2) is 23.1 Å². The highest BCUT2D eigenvalue weighted by Gasteiger charge is 2.23. The van der Waals surface area contributed by atoms with Crippen LogP contribution < -0.4 is 4.72 Å². The molecule has 108 valence electrons. The third-order valence-corrected chi connectivity index (χ3v) is 4.78. The van der Waals surface area contributed by atoms with Gasteiger partial charge >= 0.3 is 0 Å². The molecular weight excluding hydrogens is 281 g/mol. The van der Waals surface area contributed by atoms with E-state index in [4.69, 9.17) is 5.11 Å². The smallest absolute Gasteiger partial charge is 0.243 e. The van der Waals surface area contributed by atoms with Crippen LogP contribution in [0.25, 0.3) is 0 Å². The van der Waals surface area contributed by atoms with Crippen molar-refractivity contribution in [2.45, 2.75) is 24.2 Å². The Balaban J connectivity index is 2.14. The molecule has 0 radical (unpaired) electrons. The summed E-state index contributed by atoms with van der Waals surface area (Å²) in [6.07, 6.45) is 3.15. The van der Waals surface area contributed by atoms with Crippen LogP contribution >= 0.6 is 0 Å². The topological polar surface area (TPSA) is 66.4 Å². The van der Waals surface area contributed by atoms with Gasteiger partial charge in [-0.05, 0) is 37.0 Å². The van der Waals surface area contributed by atoms with Gasteiger partial charge in [0.2, 0.25) is 10.0 Å². The lowest BCUT2D eigenvalue weighted by Gasteiger charge is -2.25. The zero-order chi connectivity index (χ0) is 14.6. The summed E-state index contributed by atoms with van der Waals surface area (Å²) in [5, 5.41) is 8.56. The van der Waals surface area contributed by atoms with Crippen molar-refractivity contribution < 1.29 is 17.9 Å². The Hall–Kier alpha value is -1.42. The highest BCUT2D eigenvalue weighted by molar-refractivity contribution is 7.89. The van der Waals surface area contributed by atoms with Crippen LogP contribution in [-0.4, -0.2) is 26.7 Å². The van der Waals surface area contributed by atoms with Crippen molar-refractivity contribution in [1.82, 2.24) is 4.72 Å². The number of hydrogen-bond donors (Lipinski definition) is 2. The van der Waals surface area contributed by atoms with E-state index in [-0.39, 0.29) is 11.5 Å². The highest BCUT2D eigenvalue weighted by atomic mass is 32.2. The average Bonchev–Trinajstić information content (AvgIpc) is 2.34. The molecule has 0 unspecified atom stereocenters. The number of rotatable bonds is 4. The van der Waals surface area contributed by atoms with Crippen molar-refractivity contribution in [3.8, 4) is 11.8 Å². The molecule has 20 heavy (non-hydrogen) atoms. The third-order valence-electron chi connectivity index (χ3n) is 3.32. The first-order chi connectivity index (χ1) is 9.53. The summed E-state index contributed by atoms with van der Waals surface area (Å²) in [5.41, 5.74) is 0.328. The zero-order valence-electron chi connectivity index (χ0n) is 10.9. The summed E-state index contributed by atoms with van der Waals surface area (Å²) in [6, 6.07) is 3.67. The molecule has 2 N–H and O–H groups in total. The molecule has 0 aliphatic heterocycles. The van der Waals surface area contributed by atoms with E-state index in [0.717, 1.165) is 25.3 Å². The summed E-state index contributed by atoms with van der Waals surface area (Å²) in [6.45, 7) is 0.0262. The molecule has 0 amide bonds. The van der Waals surface area contributed by atoms with Crippen LogP contribution in [0.3, 0.4) is 0 Å². The first-order valence-electron chi connectivity index (χ1n) is 6.42. The normalized spacial score (nSPS) is 15.3. The van der Waals surface area contributed by atoms with E-state index in [1.807, 2.05) is 0 Å². The number of benzene rings is 1. The Morgan fingerprint density at radius 2 is 2.15 bits per heavy atom. The Kier molecular flexibility index (Phi) is 4.76. The highest BCUT2D eigenvalue weighted by Crippen LogP contribution is 2.26. The summed E-state index contributed by atoms with van der Waals surface area (Å²) in [7, 11) is -3.82. The van der Waals surface area contributed by atoms with E-state index >= 15 is 0 Å². The summed E-state index contributed by atoms with van der Waals surface area (Å²) in [5.74, 6) is 4.43. The lowest BCUT2D eigenvalue weighted by atomic mass is 9.86. The lowest BCUT2D eigenvalue weighted by molar-refractivity contribution is 0.316. The summed E-state index contributed by atoms with van der Waals surface area (Å²) in [4.78, 5) is -0.369. The van der Waals surface area contributed by atoms with Crippen LogP contribution in [0, 0.1) is 23.6 Å².